The Morgan fingerprint density at radius 2 is 1.85 bits per heavy atom. The Morgan fingerprint density at radius 3 is 2.50 bits per heavy atom. The number of carbonyl (C=O) groups is 2. The van der Waals surface area contributed by atoms with Crippen LogP contribution in [0.1, 0.15) is 59.8 Å². The fraction of sp³-hybridized carbons (Fsp3) is 0.882. The summed E-state index contributed by atoms with van der Waals surface area (Å²) in [7, 11) is 0. The molecule has 3 rings (SSSR count). The Bertz CT molecular complexity index is 455. The molecule has 0 aromatic rings. The number of hydrogen-bond acceptors (Lipinski definition) is 3. The van der Waals surface area contributed by atoms with Crippen molar-refractivity contribution in [3.05, 3.63) is 0 Å². The summed E-state index contributed by atoms with van der Waals surface area (Å²) in [4.78, 5) is 23.6. The van der Waals surface area contributed by atoms with Crippen LogP contribution in [0.4, 0.5) is 0 Å². The summed E-state index contributed by atoms with van der Waals surface area (Å²) >= 11 is 0. The third kappa shape index (κ3) is 1.64. The Balaban J connectivity index is 2.07. The maximum absolute atomic E-state index is 12.1. The second kappa shape index (κ2) is 4.08. The predicted molar refractivity (Wildman–Crippen MR) is 76.0 cm³/mol. The van der Waals surface area contributed by atoms with Crippen LogP contribution in [0.15, 0.2) is 0 Å². The second-order valence-electron chi connectivity index (χ2n) is 8.31. The Kier molecular flexibility index (Phi) is 2.88. The molecule has 0 aromatic carbocycles. The van der Waals surface area contributed by atoms with Crippen molar-refractivity contribution in [2.24, 2.45) is 28.6 Å². The van der Waals surface area contributed by atoms with E-state index >= 15 is 0 Å². The van der Waals surface area contributed by atoms with E-state index in [1.165, 1.54) is 12.8 Å². The molecule has 0 bridgehead atoms. The van der Waals surface area contributed by atoms with Crippen molar-refractivity contribution in [3.63, 3.8) is 0 Å². The molecule has 1 aliphatic heterocycles. The zero-order valence-electron chi connectivity index (χ0n) is 13.1. The molecule has 0 N–H and O–H groups in total. The summed E-state index contributed by atoms with van der Waals surface area (Å²) in [6.45, 7) is 9.05. The lowest BCUT2D eigenvalue weighted by atomic mass is 9.44. The van der Waals surface area contributed by atoms with Crippen molar-refractivity contribution >= 4 is 12.3 Å². The van der Waals surface area contributed by atoms with Gasteiger partial charge in [0.15, 0.2) is 0 Å². The van der Waals surface area contributed by atoms with E-state index in [0.29, 0.717) is 11.3 Å². The van der Waals surface area contributed by atoms with E-state index in [9.17, 15) is 9.59 Å². The SMILES string of the molecule is CC1(C)CCC[C@@]2(C)C1CC[C@@]1(C)OC(=O)C(C=O)[C@@H]12. The van der Waals surface area contributed by atoms with Crippen molar-refractivity contribution < 1.29 is 14.3 Å². The molecule has 2 unspecified atom stereocenters. The highest BCUT2D eigenvalue weighted by molar-refractivity contribution is 5.90. The molecular weight excluding hydrogens is 252 g/mol. The smallest absolute Gasteiger partial charge is 0.317 e. The van der Waals surface area contributed by atoms with Gasteiger partial charge in [-0.1, -0.05) is 27.2 Å². The van der Waals surface area contributed by atoms with Gasteiger partial charge in [-0.25, -0.2) is 0 Å². The van der Waals surface area contributed by atoms with Crippen LogP contribution >= 0.6 is 0 Å². The molecule has 3 heteroatoms. The number of hydrogen-bond donors (Lipinski definition) is 0. The van der Waals surface area contributed by atoms with Gasteiger partial charge in [0.25, 0.3) is 0 Å². The minimum atomic E-state index is -0.554. The summed E-state index contributed by atoms with van der Waals surface area (Å²) < 4.78 is 5.67. The predicted octanol–water partition coefficient (Wildman–Crippen LogP) is 3.36. The average molecular weight is 278 g/mol. The maximum Gasteiger partial charge on any atom is 0.317 e. The maximum atomic E-state index is 12.1. The highest BCUT2D eigenvalue weighted by atomic mass is 16.6. The molecule has 2 saturated carbocycles. The van der Waals surface area contributed by atoms with Crippen LogP contribution in [-0.2, 0) is 14.3 Å². The van der Waals surface area contributed by atoms with Gasteiger partial charge in [-0.15, -0.1) is 0 Å². The Morgan fingerprint density at radius 1 is 1.15 bits per heavy atom. The van der Waals surface area contributed by atoms with Gasteiger partial charge in [-0.3, -0.25) is 4.79 Å². The number of ether oxygens (including phenoxy) is 1. The zero-order chi connectivity index (χ0) is 14.8. The summed E-state index contributed by atoms with van der Waals surface area (Å²) in [5.41, 5.74) is -0.0821. The van der Waals surface area contributed by atoms with Gasteiger partial charge in [0.1, 0.15) is 17.8 Å². The molecule has 3 aliphatic rings. The van der Waals surface area contributed by atoms with Crippen molar-refractivity contribution in [2.45, 2.75) is 65.4 Å². The van der Waals surface area contributed by atoms with Crippen LogP contribution in [0.2, 0.25) is 0 Å². The van der Waals surface area contributed by atoms with Crippen LogP contribution in [0.25, 0.3) is 0 Å². The van der Waals surface area contributed by atoms with Crippen molar-refractivity contribution in [1.29, 1.82) is 0 Å². The molecule has 3 nitrogen and oxygen atoms in total. The summed E-state index contributed by atoms with van der Waals surface area (Å²) in [5, 5.41) is 0. The molecule has 2 aliphatic carbocycles. The lowest BCUT2D eigenvalue weighted by molar-refractivity contribution is -0.165. The monoisotopic (exact) mass is 278 g/mol. The molecular formula is C17H26O3. The molecule has 1 heterocycles. The molecule has 112 valence electrons. The Labute approximate surface area is 121 Å². The number of esters is 1. The number of fused-ring (bicyclic) bond motifs is 3. The molecule has 5 atom stereocenters. The third-order valence-electron chi connectivity index (χ3n) is 6.69. The second-order valence-corrected chi connectivity index (χ2v) is 8.31. The molecule has 3 fully saturated rings. The first-order chi connectivity index (χ1) is 9.24. The molecule has 0 aromatic heterocycles. The van der Waals surface area contributed by atoms with Crippen LogP contribution in [0.3, 0.4) is 0 Å². The fourth-order valence-electron chi connectivity index (χ4n) is 6.02. The number of rotatable bonds is 1. The first-order valence-corrected chi connectivity index (χ1v) is 7.93. The highest BCUT2D eigenvalue weighted by Gasteiger charge is 2.66. The molecule has 0 spiro atoms. The zero-order valence-corrected chi connectivity index (χ0v) is 13.1. The molecule has 0 radical (unpaired) electrons. The summed E-state index contributed by atoms with van der Waals surface area (Å²) in [6, 6.07) is 0. The van der Waals surface area contributed by atoms with E-state index in [0.717, 1.165) is 25.5 Å². The number of aldehydes is 1. The van der Waals surface area contributed by atoms with Gasteiger partial charge in [-0.2, -0.15) is 0 Å². The van der Waals surface area contributed by atoms with Gasteiger partial charge in [-0.05, 0) is 49.4 Å². The largest absolute Gasteiger partial charge is 0.458 e. The fourth-order valence-corrected chi connectivity index (χ4v) is 6.02. The van der Waals surface area contributed by atoms with E-state index in [4.69, 9.17) is 4.74 Å². The average Bonchev–Trinajstić information content (AvgIpc) is 2.59. The summed E-state index contributed by atoms with van der Waals surface area (Å²) in [5.74, 6) is -0.212. The van der Waals surface area contributed by atoms with Crippen molar-refractivity contribution in [3.8, 4) is 0 Å². The van der Waals surface area contributed by atoms with Gasteiger partial charge < -0.3 is 9.53 Å². The Hall–Kier alpha value is -0.860. The highest BCUT2D eigenvalue weighted by Crippen LogP contribution is 2.65. The van der Waals surface area contributed by atoms with E-state index in [1.54, 1.807) is 0 Å². The van der Waals surface area contributed by atoms with Gasteiger partial charge >= 0.3 is 5.97 Å². The van der Waals surface area contributed by atoms with E-state index < -0.39 is 11.5 Å². The van der Waals surface area contributed by atoms with Crippen LogP contribution in [0.5, 0.6) is 0 Å². The third-order valence-corrected chi connectivity index (χ3v) is 6.69. The lowest BCUT2D eigenvalue weighted by Gasteiger charge is -2.60. The van der Waals surface area contributed by atoms with Crippen LogP contribution in [0, 0.1) is 28.6 Å². The topological polar surface area (TPSA) is 43.4 Å². The normalized spacial score (nSPS) is 50.0. The molecule has 1 saturated heterocycles. The number of carbonyl (C=O) groups excluding carboxylic acids is 2. The van der Waals surface area contributed by atoms with Crippen molar-refractivity contribution in [2.75, 3.05) is 0 Å². The van der Waals surface area contributed by atoms with Crippen LogP contribution in [-0.4, -0.2) is 17.9 Å². The van der Waals surface area contributed by atoms with E-state index in [2.05, 4.69) is 20.8 Å². The van der Waals surface area contributed by atoms with Gasteiger partial charge in [0.05, 0.1) is 0 Å². The minimum absolute atomic E-state index is 0.0481. The first kappa shape index (κ1) is 14.1. The lowest BCUT2D eigenvalue weighted by Crippen LogP contribution is -2.57. The van der Waals surface area contributed by atoms with Crippen LogP contribution < -0.4 is 0 Å². The van der Waals surface area contributed by atoms with Gasteiger partial charge in [0, 0.05) is 5.92 Å². The quantitative estimate of drug-likeness (QED) is 0.419. The van der Waals surface area contributed by atoms with E-state index in [1.807, 2.05) is 6.92 Å². The molecule has 20 heavy (non-hydrogen) atoms. The van der Waals surface area contributed by atoms with E-state index in [-0.39, 0.29) is 17.3 Å². The standard InChI is InChI=1S/C17H26O3/c1-15(2)7-5-8-16(3)12(15)6-9-17(4)13(16)11(10-18)14(19)20-17/h10-13H,5-9H2,1-4H3/t11?,12?,13-,16+,17-/m1/s1. The summed E-state index contributed by atoms with van der Waals surface area (Å²) in [6.07, 6.45) is 6.40. The van der Waals surface area contributed by atoms with Gasteiger partial charge in [0.2, 0.25) is 0 Å². The van der Waals surface area contributed by atoms with Crippen molar-refractivity contribution in [1.82, 2.24) is 0 Å². The minimum Gasteiger partial charge on any atom is -0.458 e. The first-order valence-electron chi connectivity index (χ1n) is 7.93. The molecule has 0 amide bonds.